The number of hydrogen-bond donors (Lipinski definition) is 1. The molecule has 1 aromatic rings. The number of nitroso groups, excluding NO2 is 1. The number of benzene rings is 1. The molecular formula is C18H21ClN2O2. The summed E-state index contributed by atoms with van der Waals surface area (Å²) < 4.78 is 0. The maximum absolute atomic E-state index is 12.5. The molecule has 4 fully saturated rings. The van der Waals surface area contributed by atoms with Crippen LogP contribution >= 0.6 is 11.6 Å². The third kappa shape index (κ3) is 2.78. The second-order valence-corrected chi connectivity index (χ2v) is 8.26. The molecule has 1 N–H and O–H groups in total. The first-order valence-corrected chi connectivity index (χ1v) is 8.86. The molecule has 4 saturated carbocycles. The Morgan fingerprint density at radius 1 is 1.17 bits per heavy atom. The molecule has 1 amide bonds. The van der Waals surface area contributed by atoms with E-state index in [0.717, 1.165) is 24.3 Å². The molecule has 5 rings (SSSR count). The van der Waals surface area contributed by atoms with Gasteiger partial charge in [-0.2, -0.15) is 0 Å². The monoisotopic (exact) mass is 332 g/mol. The van der Waals surface area contributed by atoms with Crippen LogP contribution in [0.3, 0.4) is 0 Å². The second kappa shape index (κ2) is 5.59. The Bertz CT molecular complexity index is 623. The predicted molar refractivity (Wildman–Crippen MR) is 89.8 cm³/mol. The van der Waals surface area contributed by atoms with Crippen molar-refractivity contribution in [2.45, 2.75) is 38.5 Å². The van der Waals surface area contributed by atoms with E-state index in [9.17, 15) is 9.70 Å². The van der Waals surface area contributed by atoms with Gasteiger partial charge in [0.1, 0.15) is 5.69 Å². The maximum atomic E-state index is 12.5. The molecular weight excluding hydrogens is 312 g/mol. The van der Waals surface area contributed by atoms with Crippen LogP contribution in [0.5, 0.6) is 0 Å². The van der Waals surface area contributed by atoms with E-state index in [4.69, 9.17) is 11.6 Å². The van der Waals surface area contributed by atoms with E-state index in [0.29, 0.717) is 11.0 Å². The predicted octanol–water partition coefficient (Wildman–Crippen LogP) is 4.68. The van der Waals surface area contributed by atoms with E-state index >= 15 is 0 Å². The van der Waals surface area contributed by atoms with Crippen molar-refractivity contribution in [3.63, 3.8) is 0 Å². The highest BCUT2D eigenvalue weighted by molar-refractivity contribution is 6.34. The molecule has 0 aliphatic heterocycles. The van der Waals surface area contributed by atoms with Gasteiger partial charge >= 0.3 is 0 Å². The maximum Gasteiger partial charge on any atom is 0.252 e. The van der Waals surface area contributed by atoms with E-state index in [1.54, 1.807) is 6.07 Å². The smallest absolute Gasteiger partial charge is 0.252 e. The fraction of sp³-hybridized carbons (Fsp3) is 0.611. The van der Waals surface area contributed by atoms with Gasteiger partial charge in [-0.1, -0.05) is 11.6 Å². The summed E-state index contributed by atoms with van der Waals surface area (Å²) in [5, 5.41) is 6.22. The van der Waals surface area contributed by atoms with E-state index in [1.807, 2.05) is 0 Å². The SMILES string of the molecule is O=Nc1ccc(C(=O)NCC23CC4CC(CC(C4)C2)C3)c(Cl)c1. The zero-order valence-electron chi connectivity index (χ0n) is 13.1. The molecule has 0 spiro atoms. The molecule has 0 radical (unpaired) electrons. The summed E-state index contributed by atoms with van der Waals surface area (Å²) in [7, 11) is 0. The molecule has 0 atom stereocenters. The number of rotatable bonds is 4. The Labute approximate surface area is 141 Å². The van der Waals surface area contributed by atoms with Gasteiger partial charge in [0.2, 0.25) is 0 Å². The zero-order valence-corrected chi connectivity index (χ0v) is 13.8. The molecule has 4 aliphatic rings. The van der Waals surface area contributed by atoms with E-state index in [2.05, 4.69) is 10.5 Å². The van der Waals surface area contributed by atoms with Crippen LogP contribution in [0.1, 0.15) is 48.9 Å². The first-order valence-electron chi connectivity index (χ1n) is 8.48. The standard InChI is InChI=1S/C18H21ClN2O2/c19-16-6-14(21-23)1-2-15(16)17(22)20-10-18-7-11-3-12(8-18)5-13(4-11)9-18/h1-2,6,11-13H,3-5,7-10H2,(H,20,22). The van der Waals surface area contributed by atoms with Gasteiger partial charge in [-0.15, -0.1) is 4.91 Å². The average molecular weight is 333 g/mol. The van der Waals surface area contributed by atoms with Crippen LogP contribution in [-0.2, 0) is 0 Å². The normalized spacial score (nSPS) is 34.4. The molecule has 4 bridgehead atoms. The Balaban J connectivity index is 1.45. The number of amides is 1. The van der Waals surface area contributed by atoms with E-state index in [-0.39, 0.29) is 16.6 Å². The van der Waals surface area contributed by atoms with Crippen LogP contribution in [0.25, 0.3) is 0 Å². The quantitative estimate of drug-likeness (QED) is 0.813. The molecule has 1 aromatic carbocycles. The molecule has 23 heavy (non-hydrogen) atoms. The fourth-order valence-electron chi connectivity index (χ4n) is 5.61. The molecule has 4 aliphatic carbocycles. The van der Waals surface area contributed by atoms with Gasteiger partial charge in [0, 0.05) is 6.54 Å². The number of nitrogens with zero attached hydrogens (tertiary/aromatic N) is 1. The largest absolute Gasteiger partial charge is 0.351 e. The lowest BCUT2D eigenvalue weighted by Crippen LogP contribution is -2.51. The lowest BCUT2D eigenvalue weighted by atomic mass is 9.49. The molecule has 0 heterocycles. The highest BCUT2D eigenvalue weighted by Crippen LogP contribution is 2.59. The summed E-state index contributed by atoms with van der Waals surface area (Å²) in [6.07, 6.45) is 8.00. The van der Waals surface area contributed by atoms with Crippen molar-refractivity contribution in [3.05, 3.63) is 33.7 Å². The number of nitrogens with one attached hydrogen (secondary N) is 1. The van der Waals surface area contributed by atoms with Crippen molar-refractivity contribution in [1.82, 2.24) is 5.32 Å². The second-order valence-electron chi connectivity index (χ2n) is 7.86. The van der Waals surface area contributed by atoms with Gasteiger partial charge in [0.05, 0.1) is 10.6 Å². The van der Waals surface area contributed by atoms with Crippen LogP contribution in [-0.4, -0.2) is 12.5 Å². The van der Waals surface area contributed by atoms with Crippen LogP contribution in [0, 0.1) is 28.1 Å². The summed E-state index contributed by atoms with van der Waals surface area (Å²) in [5.74, 6) is 2.47. The van der Waals surface area contributed by atoms with Gasteiger partial charge in [-0.25, -0.2) is 0 Å². The summed E-state index contributed by atoms with van der Waals surface area (Å²) in [5.41, 5.74) is 0.970. The summed E-state index contributed by atoms with van der Waals surface area (Å²) >= 11 is 6.10. The number of carbonyl (C=O) groups excluding carboxylic acids is 1. The molecule has 0 saturated heterocycles. The van der Waals surface area contributed by atoms with Crippen molar-refractivity contribution in [2.75, 3.05) is 6.54 Å². The number of hydrogen-bond acceptors (Lipinski definition) is 3. The van der Waals surface area contributed by atoms with Crippen molar-refractivity contribution in [2.24, 2.45) is 28.3 Å². The lowest BCUT2D eigenvalue weighted by molar-refractivity contribution is -0.0503. The van der Waals surface area contributed by atoms with Crippen LogP contribution in [0.15, 0.2) is 23.4 Å². The topological polar surface area (TPSA) is 58.5 Å². The third-order valence-electron chi connectivity index (χ3n) is 6.09. The number of carbonyl (C=O) groups is 1. The lowest BCUT2D eigenvalue weighted by Gasteiger charge is -2.56. The Morgan fingerprint density at radius 3 is 2.30 bits per heavy atom. The minimum Gasteiger partial charge on any atom is -0.351 e. The van der Waals surface area contributed by atoms with Crippen molar-refractivity contribution in [3.8, 4) is 0 Å². The van der Waals surface area contributed by atoms with Crippen LogP contribution < -0.4 is 5.32 Å². The minimum absolute atomic E-state index is 0.150. The van der Waals surface area contributed by atoms with Gasteiger partial charge in [-0.05, 0) is 85.1 Å². The van der Waals surface area contributed by atoms with Gasteiger partial charge < -0.3 is 5.32 Å². The van der Waals surface area contributed by atoms with E-state index in [1.165, 1.54) is 50.7 Å². The molecule has 122 valence electrons. The van der Waals surface area contributed by atoms with Gasteiger partial charge in [-0.3, -0.25) is 4.79 Å². The molecule has 0 aromatic heterocycles. The highest BCUT2D eigenvalue weighted by atomic mass is 35.5. The van der Waals surface area contributed by atoms with Gasteiger partial charge in [0.25, 0.3) is 5.91 Å². The fourth-order valence-corrected chi connectivity index (χ4v) is 5.88. The Hall–Kier alpha value is -1.42. The Kier molecular flexibility index (Phi) is 3.67. The van der Waals surface area contributed by atoms with Crippen molar-refractivity contribution in [1.29, 1.82) is 0 Å². The molecule has 4 nitrogen and oxygen atoms in total. The zero-order chi connectivity index (χ0) is 16.0. The van der Waals surface area contributed by atoms with Crippen LogP contribution in [0.4, 0.5) is 5.69 Å². The molecule has 0 unspecified atom stereocenters. The molecule has 5 heteroatoms. The summed E-state index contributed by atoms with van der Waals surface area (Å²) in [4.78, 5) is 23.0. The third-order valence-corrected chi connectivity index (χ3v) is 6.40. The van der Waals surface area contributed by atoms with Crippen LogP contribution in [0.2, 0.25) is 5.02 Å². The number of halogens is 1. The first kappa shape index (κ1) is 15.1. The van der Waals surface area contributed by atoms with E-state index < -0.39 is 0 Å². The van der Waals surface area contributed by atoms with Crippen molar-refractivity contribution < 1.29 is 4.79 Å². The summed E-state index contributed by atoms with van der Waals surface area (Å²) in [6, 6.07) is 4.54. The minimum atomic E-state index is -0.150. The summed E-state index contributed by atoms with van der Waals surface area (Å²) in [6.45, 7) is 0.749. The first-order chi connectivity index (χ1) is 11.1. The van der Waals surface area contributed by atoms with Gasteiger partial charge in [0.15, 0.2) is 0 Å². The highest BCUT2D eigenvalue weighted by Gasteiger charge is 2.50. The van der Waals surface area contributed by atoms with Crippen molar-refractivity contribution >= 4 is 23.2 Å². The Morgan fingerprint density at radius 2 is 1.78 bits per heavy atom. The average Bonchev–Trinajstić information content (AvgIpc) is 2.51.